The Kier molecular flexibility index (Phi) is 7.52. The molecule has 0 radical (unpaired) electrons. The van der Waals surface area contributed by atoms with E-state index in [0.29, 0.717) is 16.5 Å². The third kappa shape index (κ3) is 5.29. The molecule has 150 valence electrons. The normalized spacial score (nSPS) is 11.3. The molecule has 0 bridgehead atoms. The van der Waals surface area contributed by atoms with Gasteiger partial charge in [-0.25, -0.2) is 4.79 Å². The molecule has 0 heterocycles. The van der Waals surface area contributed by atoms with E-state index in [0.717, 1.165) is 5.56 Å². The molecule has 0 spiro atoms. The van der Waals surface area contributed by atoms with Crippen molar-refractivity contribution in [1.29, 1.82) is 0 Å². The summed E-state index contributed by atoms with van der Waals surface area (Å²) in [5, 5.41) is 3.37. The van der Waals surface area contributed by atoms with Gasteiger partial charge < -0.3 is 24.3 Å². The van der Waals surface area contributed by atoms with Gasteiger partial charge in [-0.1, -0.05) is 23.7 Å². The maximum absolute atomic E-state index is 12.4. The van der Waals surface area contributed by atoms with E-state index in [9.17, 15) is 9.59 Å². The van der Waals surface area contributed by atoms with Crippen LogP contribution in [0.1, 0.15) is 28.9 Å². The third-order valence-corrected chi connectivity index (χ3v) is 4.26. The van der Waals surface area contributed by atoms with Gasteiger partial charge in [0, 0.05) is 17.2 Å². The summed E-state index contributed by atoms with van der Waals surface area (Å²) in [6.07, 6.45) is 0. The van der Waals surface area contributed by atoms with Crippen LogP contribution in [-0.2, 0) is 9.53 Å². The molecule has 1 amide bonds. The summed E-state index contributed by atoms with van der Waals surface area (Å²) in [6, 6.07) is 9.79. The zero-order valence-electron chi connectivity index (χ0n) is 16.1. The standard InChI is InChI=1S/C20H22ClNO6/c1-12(13-5-7-14(21)8-6-13)22-19(23)11-28-20(24)15-9-17(26-3)18(27-4)10-16(15)25-2/h5-10,12H,11H2,1-4H3,(H,22,23)/t12-/m1/s1. The molecule has 7 nitrogen and oxygen atoms in total. The van der Waals surface area contributed by atoms with Crippen molar-refractivity contribution in [2.45, 2.75) is 13.0 Å². The van der Waals surface area contributed by atoms with Gasteiger partial charge in [0.05, 0.1) is 27.4 Å². The van der Waals surface area contributed by atoms with Crippen molar-refractivity contribution < 1.29 is 28.5 Å². The van der Waals surface area contributed by atoms with Gasteiger partial charge in [0.1, 0.15) is 11.3 Å². The highest BCUT2D eigenvalue weighted by Gasteiger charge is 2.20. The lowest BCUT2D eigenvalue weighted by molar-refractivity contribution is -0.124. The van der Waals surface area contributed by atoms with Crippen LogP contribution in [0.4, 0.5) is 0 Å². The Bertz CT molecular complexity index is 837. The fourth-order valence-corrected chi connectivity index (χ4v) is 2.64. The Balaban J connectivity index is 2.01. The molecule has 0 unspecified atom stereocenters. The van der Waals surface area contributed by atoms with Crippen LogP contribution in [0.3, 0.4) is 0 Å². The summed E-state index contributed by atoms with van der Waals surface area (Å²) in [6.45, 7) is 1.38. The van der Waals surface area contributed by atoms with Crippen molar-refractivity contribution in [3.8, 4) is 17.2 Å². The fraction of sp³-hybridized carbons (Fsp3) is 0.300. The first kappa shape index (κ1) is 21.4. The fourth-order valence-electron chi connectivity index (χ4n) is 2.52. The van der Waals surface area contributed by atoms with Crippen molar-refractivity contribution in [2.24, 2.45) is 0 Å². The number of halogens is 1. The van der Waals surface area contributed by atoms with Crippen molar-refractivity contribution in [2.75, 3.05) is 27.9 Å². The van der Waals surface area contributed by atoms with Crippen LogP contribution in [0, 0.1) is 0 Å². The summed E-state index contributed by atoms with van der Waals surface area (Å²) in [4.78, 5) is 24.5. The predicted octanol–water partition coefficient (Wildman–Crippen LogP) is 3.40. The third-order valence-electron chi connectivity index (χ3n) is 4.01. The van der Waals surface area contributed by atoms with E-state index in [4.69, 9.17) is 30.5 Å². The molecule has 0 saturated heterocycles. The van der Waals surface area contributed by atoms with Crippen LogP contribution in [0.25, 0.3) is 0 Å². The molecule has 1 N–H and O–H groups in total. The number of carbonyl (C=O) groups excluding carboxylic acids is 2. The molecule has 0 aromatic heterocycles. The largest absolute Gasteiger partial charge is 0.496 e. The summed E-state index contributed by atoms with van der Waals surface area (Å²) in [5.74, 6) is -0.151. The molecule has 0 aliphatic rings. The number of methoxy groups -OCH3 is 3. The van der Waals surface area contributed by atoms with E-state index in [-0.39, 0.29) is 17.4 Å². The maximum atomic E-state index is 12.4. The number of hydrogen-bond acceptors (Lipinski definition) is 6. The lowest BCUT2D eigenvalue weighted by Crippen LogP contribution is -2.31. The van der Waals surface area contributed by atoms with Crippen molar-refractivity contribution >= 4 is 23.5 Å². The lowest BCUT2D eigenvalue weighted by atomic mass is 10.1. The van der Waals surface area contributed by atoms with Gasteiger partial charge in [-0.15, -0.1) is 0 Å². The first-order valence-corrected chi connectivity index (χ1v) is 8.79. The molecule has 2 aromatic carbocycles. The molecule has 8 heteroatoms. The average Bonchev–Trinajstić information content (AvgIpc) is 2.71. The summed E-state index contributed by atoms with van der Waals surface area (Å²) >= 11 is 5.86. The molecular weight excluding hydrogens is 386 g/mol. The number of benzene rings is 2. The Morgan fingerprint density at radius 3 is 2.11 bits per heavy atom. The highest BCUT2D eigenvalue weighted by atomic mass is 35.5. The van der Waals surface area contributed by atoms with Gasteiger partial charge in [0.25, 0.3) is 5.91 Å². The smallest absolute Gasteiger partial charge is 0.342 e. The first-order chi connectivity index (χ1) is 13.4. The molecule has 0 aliphatic heterocycles. The minimum Gasteiger partial charge on any atom is -0.496 e. The van der Waals surface area contributed by atoms with E-state index >= 15 is 0 Å². The highest BCUT2D eigenvalue weighted by molar-refractivity contribution is 6.30. The Labute approximate surface area is 168 Å². The molecule has 0 fully saturated rings. The second kappa shape index (κ2) is 9.85. The topological polar surface area (TPSA) is 83.1 Å². The predicted molar refractivity (Wildman–Crippen MR) is 104 cm³/mol. The van der Waals surface area contributed by atoms with Crippen LogP contribution in [0.2, 0.25) is 5.02 Å². The van der Waals surface area contributed by atoms with Crippen LogP contribution < -0.4 is 19.5 Å². The Morgan fingerprint density at radius 2 is 1.54 bits per heavy atom. The number of esters is 1. The number of nitrogens with one attached hydrogen (secondary N) is 1. The van der Waals surface area contributed by atoms with Gasteiger partial charge in [-0.05, 0) is 24.6 Å². The van der Waals surface area contributed by atoms with Gasteiger partial charge in [0.15, 0.2) is 18.1 Å². The number of amides is 1. The second-order valence-electron chi connectivity index (χ2n) is 5.82. The molecular formula is C20H22ClNO6. The minimum absolute atomic E-state index is 0.124. The molecule has 0 saturated carbocycles. The molecule has 2 rings (SSSR count). The molecule has 1 atom stereocenters. The SMILES string of the molecule is COc1cc(OC)c(C(=O)OCC(=O)N[C@H](C)c2ccc(Cl)cc2)cc1OC. The Hall–Kier alpha value is -2.93. The van der Waals surface area contributed by atoms with E-state index < -0.39 is 18.5 Å². The van der Waals surface area contributed by atoms with Gasteiger partial charge in [-0.3, -0.25) is 4.79 Å². The van der Waals surface area contributed by atoms with Gasteiger partial charge in [0.2, 0.25) is 0 Å². The summed E-state index contributed by atoms with van der Waals surface area (Å²) < 4.78 is 20.7. The summed E-state index contributed by atoms with van der Waals surface area (Å²) in [5.41, 5.74) is 1.00. The van der Waals surface area contributed by atoms with E-state index in [1.54, 1.807) is 12.1 Å². The van der Waals surface area contributed by atoms with Gasteiger partial charge >= 0.3 is 5.97 Å². The maximum Gasteiger partial charge on any atom is 0.342 e. The monoisotopic (exact) mass is 407 g/mol. The Morgan fingerprint density at radius 1 is 0.964 bits per heavy atom. The van der Waals surface area contributed by atoms with E-state index in [1.165, 1.54) is 33.5 Å². The number of hydrogen-bond donors (Lipinski definition) is 1. The molecule has 2 aromatic rings. The molecule has 28 heavy (non-hydrogen) atoms. The van der Waals surface area contributed by atoms with Crippen molar-refractivity contribution in [3.05, 3.63) is 52.5 Å². The van der Waals surface area contributed by atoms with Crippen molar-refractivity contribution in [3.63, 3.8) is 0 Å². The van der Waals surface area contributed by atoms with Crippen molar-refractivity contribution in [1.82, 2.24) is 5.32 Å². The average molecular weight is 408 g/mol. The van der Waals surface area contributed by atoms with E-state index in [2.05, 4.69) is 5.32 Å². The highest BCUT2D eigenvalue weighted by Crippen LogP contribution is 2.34. The molecule has 0 aliphatic carbocycles. The van der Waals surface area contributed by atoms with Gasteiger partial charge in [-0.2, -0.15) is 0 Å². The number of ether oxygens (including phenoxy) is 4. The second-order valence-corrected chi connectivity index (χ2v) is 6.26. The summed E-state index contributed by atoms with van der Waals surface area (Å²) in [7, 11) is 4.34. The quantitative estimate of drug-likeness (QED) is 0.675. The minimum atomic E-state index is -0.716. The van der Waals surface area contributed by atoms with Crippen LogP contribution in [0.15, 0.2) is 36.4 Å². The van der Waals surface area contributed by atoms with Crippen LogP contribution in [0.5, 0.6) is 17.2 Å². The lowest BCUT2D eigenvalue weighted by Gasteiger charge is -2.15. The van der Waals surface area contributed by atoms with Crippen LogP contribution >= 0.6 is 11.6 Å². The van der Waals surface area contributed by atoms with Crippen LogP contribution in [-0.4, -0.2) is 39.8 Å². The number of rotatable bonds is 8. The number of carbonyl (C=O) groups is 2. The first-order valence-electron chi connectivity index (χ1n) is 8.41. The van der Waals surface area contributed by atoms with E-state index in [1.807, 2.05) is 19.1 Å². The zero-order chi connectivity index (χ0) is 20.7. The zero-order valence-corrected chi connectivity index (χ0v) is 16.8.